The summed E-state index contributed by atoms with van der Waals surface area (Å²) in [6, 6.07) is 0. The van der Waals surface area contributed by atoms with Crippen LogP contribution in [0.1, 0.15) is 44.9 Å². The van der Waals surface area contributed by atoms with Crippen LogP contribution >= 0.6 is 15.9 Å². The number of ether oxygens (including phenoxy) is 1. The van der Waals surface area contributed by atoms with E-state index in [1.165, 1.54) is 0 Å². The minimum atomic E-state index is -0.499. The van der Waals surface area contributed by atoms with Gasteiger partial charge in [0, 0.05) is 19.1 Å². The molecular formula is C13H21BrN2O2. The lowest BCUT2D eigenvalue weighted by Gasteiger charge is -2.23. The molecule has 1 aromatic heterocycles. The first-order valence-corrected chi connectivity index (χ1v) is 7.49. The summed E-state index contributed by atoms with van der Waals surface area (Å²) in [4.78, 5) is 0. The zero-order valence-electron chi connectivity index (χ0n) is 11.0. The second kappa shape index (κ2) is 6.17. The molecule has 3 unspecified atom stereocenters. The molecule has 1 aromatic rings. The summed E-state index contributed by atoms with van der Waals surface area (Å²) < 4.78 is 8.46. The Morgan fingerprint density at radius 1 is 1.61 bits per heavy atom. The van der Waals surface area contributed by atoms with Crippen molar-refractivity contribution in [1.82, 2.24) is 9.78 Å². The van der Waals surface area contributed by atoms with Gasteiger partial charge in [0.05, 0.1) is 22.5 Å². The van der Waals surface area contributed by atoms with Gasteiger partial charge in [-0.3, -0.25) is 4.68 Å². The average molecular weight is 317 g/mol. The van der Waals surface area contributed by atoms with Gasteiger partial charge in [-0.25, -0.2) is 0 Å². The number of aromatic nitrogens is 2. The number of aliphatic hydroxyl groups is 1. The fraction of sp³-hybridized carbons (Fsp3) is 0.769. The summed E-state index contributed by atoms with van der Waals surface area (Å²) >= 11 is 3.49. The van der Waals surface area contributed by atoms with Crippen molar-refractivity contribution in [3.05, 3.63) is 16.4 Å². The second-order valence-corrected chi connectivity index (χ2v) is 5.67. The summed E-state index contributed by atoms with van der Waals surface area (Å²) in [6.07, 6.45) is 4.31. The second-order valence-electron chi connectivity index (χ2n) is 4.82. The Labute approximate surface area is 116 Å². The number of halogens is 1. The van der Waals surface area contributed by atoms with Crippen molar-refractivity contribution in [2.75, 3.05) is 6.61 Å². The van der Waals surface area contributed by atoms with E-state index >= 15 is 0 Å². The Balaban J connectivity index is 2.22. The number of hydrogen-bond donors (Lipinski definition) is 1. The van der Waals surface area contributed by atoms with Gasteiger partial charge in [-0.1, -0.05) is 13.8 Å². The van der Waals surface area contributed by atoms with E-state index in [4.69, 9.17) is 4.74 Å². The monoisotopic (exact) mass is 316 g/mol. The average Bonchev–Trinajstić information content (AvgIpc) is 2.96. The molecule has 3 atom stereocenters. The minimum absolute atomic E-state index is 0.164. The van der Waals surface area contributed by atoms with Gasteiger partial charge in [-0.05, 0) is 35.2 Å². The molecule has 0 bridgehead atoms. The van der Waals surface area contributed by atoms with E-state index in [0.717, 1.165) is 42.6 Å². The SMILES string of the molecule is CCCn1ncc(Br)c1C(O)C1CCOC1CC. The van der Waals surface area contributed by atoms with Crippen LogP contribution in [-0.4, -0.2) is 27.6 Å². The van der Waals surface area contributed by atoms with Crippen LogP contribution in [0.5, 0.6) is 0 Å². The van der Waals surface area contributed by atoms with Gasteiger partial charge in [0.1, 0.15) is 6.10 Å². The van der Waals surface area contributed by atoms with Crippen LogP contribution in [0.15, 0.2) is 10.7 Å². The molecule has 18 heavy (non-hydrogen) atoms. The van der Waals surface area contributed by atoms with Crippen LogP contribution in [0.2, 0.25) is 0 Å². The van der Waals surface area contributed by atoms with Gasteiger partial charge >= 0.3 is 0 Å². The first-order chi connectivity index (χ1) is 8.69. The first-order valence-electron chi connectivity index (χ1n) is 6.69. The summed E-state index contributed by atoms with van der Waals surface area (Å²) in [5.41, 5.74) is 0.894. The van der Waals surface area contributed by atoms with Gasteiger partial charge in [0.25, 0.3) is 0 Å². The van der Waals surface area contributed by atoms with Crippen molar-refractivity contribution in [3.8, 4) is 0 Å². The predicted molar refractivity (Wildman–Crippen MR) is 73.3 cm³/mol. The summed E-state index contributed by atoms with van der Waals surface area (Å²) in [7, 11) is 0. The van der Waals surface area contributed by atoms with Crippen molar-refractivity contribution < 1.29 is 9.84 Å². The lowest BCUT2D eigenvalue weighted by atomic mass is 9.91. The Hall–Kier alpha value is -0.390. The fourth-order valence-electron chi connectivity index (χ4n) is 2.71. The van der Waals surface area contributed by atoms with E-state index in [9.17, 15) is 5.11 Å². The van der Waals surface area contributed by atoms with Crippen molar-refractivity contribution in [2.45, 2.75) is 51.9 Å². The summed E-state index contributed by atoms with van der Waals surface area (Å²) in [5.74, 6) is 0.179. The molecule has 0 spiro atoms. The molecule has 0 amide bonds. The van der Waals surface area contributed by atoms with Gasteiger partial charge in [-0.15, -0.1) is 0 Å². The molecule has 5 heteroatoms. The van der Waals surface area contributed by atoms with Crippen molar-refractivity contribution in [2.24, 2.45) is 5.92 Å². The van der Waals surface area contributed by atoms with E-state index in [2.05, 4.69) is 34.9 Å². The smallest absolute Gasteiger partial charge is 0.102 e. The third kappa shape index (κ3) is 2.63. The molecule has 0 aliphatic carbocycles. The third-order valence-corrected chi connectivity index (χ3v) is 4.23. The van der Waals surface area contributed by atoms with Crippen LogP contribution < -0.4 is 0 Å². The summed E-state index contributed by atoms with van der Waals surface area (Å²) in [5, 5.41) is 14.9. The Kier molecular flexibility index (Phi) is 4.81. The molecule has 102 valence electrons. The molecule has 0 radical (unpaired) electrons. The van der Waals surface area contributed by atoms with Gasteiger partial charge in [0.15, 0.2) is 0 Å². The highest BCUT2D eigenvalue weighted by molar-refractivity contribution is 9.10. The van der Waals surface area contributed by atoms with Gasteiger partial charge in [-0.2, -0.15) is 5.10 Å². The Bertz CT molecular complexity index is 394. The maximum Gasteiger partial charge on any atom is 0.102 e. The topological polar surface area (TPSA) is 47.3 Å². The fourth-order valence-corrected chi connectivity index (χ4v) is 3.24. The maximum atomic E-state index is 10.6. The quantitative estimate of drug-likeness (QED) is 0.908. The van der Waals surface area contributed by atoms with Crippen molar-refractivity contribution in [3.63, 3.8) is 0 Å². The molecule has 2 rings (SSSR count). The van der Waals surface area contributed by atoms with Crippen LogP contribution in [0.3, 0.4) is 0 Å². The minimum Gasteiger partial charge on any atom is -0.386 e. The first kappa shape index (κ1) is 14.0. The molecule has 0 saturated carbocycles. The Morgan fingerprint density at radius 3 is 3.06 bits per heavy atom. The zero-order valence-corrected chi connectivity index (χ0v) is 12.6. The molecule has 1 saturated heterocycles. The molecule has 2 heterocycles. The van der Waals surface area contributed by atoms with Gasteiger partial charge in [0.2, 0.25) is 0 Å². The highest BCUT2D eigenvalue weighted by atomic mass is 79.9. The van der Waals surface area contributed by atoms with Crippen LogP contribution in [-0.2, 0) is 11.3 Å². The van der Waals surface area contributed by atoms with Crippen LogP contribution in [0.25, 0.3) is 0 Å². The molecule has 1 fully saturated rings. The van der Waals surface area contributed by atoms with E-state index < -0.39 is 6.10 Å². The van der Waals surface area contributed by atoms with Gasteiger partial charge < -0.3 is 9.84 Å². The highest BCUT2D eigenvalue weighted by Crippen LogP contribution is 2.37. The van der Waals surface area contributed by atoms with Crippen LogP contribution in [0, 0.1) is 5.92 Å². The van der Waals surface area contributed by atoms with E-state index in [0.29, 0.717) is 0 Å². The number of aryl methyl sites for hydroxylation is 1. The van der Waals surface area contributed by atoms with E-state index in [1.54, 1.807) is 6.20 Å². The maximum absolute atomic E-state index is 10.6. The highest BCUT2D eigenvalue weighted by Gasteiger charge is 2.35. The number of rotatable bonds is 5. The van der Waals surface area contributed by atoms with E-state index in [1.807, 2.05) is 4.68 Å². The molecule has 1 aliphatic rings. The van der Waals surface area contributed by atoms with E-state index in [-0.39, 0.29) is 12.0 Å². The molecule has 1 aliphatic heterocycles. The van der Waals surface area contributed by atoms with Crippen LogP contribution in [0.4, 0.5) is 0 Å². The number of nitrogens with zero attached hydrogens (tertiary/aromatic N) is 2. The standard InChI is InChI=1S/C13H21BrN2O2/c1-3-6-16-12(10(14)8-15-16)13(17)9-5-7-18-11(9)4-2/h8-9,11,13,17H,3-7H2,1-2H3. The normalized spacial score (nSPS) is 25.6. The Morgan fingerprint density at radius 2 is 2.39 bits per heavy atom. The zero-order chi connectivity index (χ0) is 13.1. The molecule has 0 aromatic carbocycles. The lowest BCUT2D eigenvalue weighted by Crippen LogP contribution is -2.24. The predicted octanol–water partition coefficient (Wildman–Crippen LogP) is 2.90. The molecule has 4 nitrogen and oxygen atoms in total. The number of aliphatic hydroxyl groups excluding tert-OH is 1. The summed E-state index contributed by atoms with van der Waals surface area (Å²) in [6.45, 7) is 5.80. The largest absolute Gasteiger partial charge is 0.386 e. The lowest BCUT2D eigenvalue weighted by molar-refractivity contribution is 0.0265. The van der Waals surface area contributed by atoms with Crippen molar-refractivity contribution in [1.29, 1.82) is 0 Å². The third-order valence-electron chi connectivity index (χ3n) is 3.62. The molecule has 1 N–H and O–H groups in total. The molecular weight excluding hydrogens is 296 g/mol. The number of hydrogen-bond acceptors (Lipinski definition) is 3. The van der Waals surface area contributed by atoms with Crippen molar-refractivity contribution >= 4 is 15.9 Å².